The van der Waals surface area contributed by atoms with Gasteiger partial charge in [0.05, 0.1) is 11.6 Å². The van der Waals surface area contributed by atoms with E-state index in [4.69, 9.17) is 11.6 Å². The van der Waals surface area contributed by atoms with Crippen LogP contribution in [0.15, 0.2) is 53.3 Å². The van der Waals surface area contributed by atoms with Crippen molar-refractivity contribution in [3.8, 4) is 0 Å². The fourth-order valence-corrected chi connectivity index (χ4v) is 3.83. The molecule has 7 heteroatoms. The van der Waals surface area contributed by atoms with Crippen LogP contribution in [0.4, 0.5) is 0 Å². The van der Waals surface area contributed by atoms with Crippen molar-refractivity contribution >= 4 is 28.4 Å². The lowest BCUT2D eigenvalue weighted by Gasteiger charge is -2.36. The fraction of sp³-hybridized carbons (Fsp3) is 0.250. The normalized spacial score (nSPS) is 17.3. The van der Waals surface area contributed by atoms with Crippen molar-refractivity contribution in [2.24, 2.45) is 7.05 Å². The summed E-state index contributed by atoms with van der Waals surface area (Å²) in [5, 5.41) is 8.67. The van der Waals surface area contributed by atoms with Gasteiger partial charge in [-0.05, 0) is 23.8 Å². The molecule has 1 saturated heterocycles. The number of fused-ring (bicyclic) bond motifs is 1. The van der Waals surface area contributed by atoms with E-state index in [1.807, 2.05) is 30.3 Å². The molecule has 1 aliphatic rings. The van der Waals surface area contributed by atoms with E-state index in [1.165, 1.54) is 0 Å². The number of nitrogens with zero attached hydrogens (tertiary/aromatic N) is 3. The molecule has 1 unspecified atom stereocenters. The molecule has 0 saturated carbocycles. The van der Waals surface area contributed by atoms with Crippen molar-refractivity contribution in [2.75, 3.05) is 19.6 Å². The van der Waals surface area contributed by atoms with Crippen molar-refractivity contribution in [3.05, 3.63) is 75.0 Å². The Morgan fingerprint density at radius 2 is 1.93 bits per heavy atom. The van der Waals surface area contributed by atoms with E-state index in [1.54, 1.807) is 34.8 Å². The van der Waals surface area contributed by atoms with Gasteiger partial charge < -0.3 is 10.2 Å². The topological polar surface area (TPSA) is 67.2 Å². The van der Waals surface area contributed by atoms with Crippen molar-refractivity contribution in [3.63, 3.8) is 0 Å². The van der Waals surface area contributed by atoms with Gasteiger partial charge in [0.15, 0.2) is 5.69 Å². The largest absolute Gasteiger partial charge is 0.327 e. The Morgan fingerprint density at radius 1 is 1.19 bits per heavy atom. The summed E-state index contributed by atoms with van der Waals surface area (Å²) in [6, 6.07) is 14.4. The van der Waals surface area contributed by atoms with E-state index >= 15 is 0 Å². The Hall–Kier alpha value is -2.70. The smallest absolute Gasteiger partial charge is 0.279 e. The van der Waals surface area contributed by atoms with Crippen LogP contribution in [0.5, 0.6) is 0 Å². The maximum Gasteiger partial charge on any atom is 0.279 e. The SMILES string of the molecule is Cn1nc(C(=O)N2CCNCC2c2ccccc2Cl)c(=O)c2ccccc21. The van der Waals surface area contributed by atoms with Gasteiger partial charge in [0.1, 0.15) is 0 Å². The number of benzene rings is 2. The number of piperazine rings is 1. The maximum absolute atomic E-state index is 13.3. The van der Waals surface area contributed by atoms with Gasteiger partial charge in [0, 0.05) is 37.1 Å². The highest BCUT2D eigenvalue weighted by molar-refractivity contribution is 6.31. The number of nitrogens with one attached hydrogen (secondary N) is 1. The van der Waals surface area contributed by atoms with Gasteiger partial charge in [-0.1, -0.05) is 41.9 Å². The van der Waals surface area contributed by atoms with Gasteiger partial charge in [0.2, 0.25) is 5.43 Å². The lowest BCUT2D eigenvalue weighted by Crippen LogP contribution is -2.50. The quantitative estimate of drug-likeness (QED) is 0.739. The molecule has 0 radical (unpaired) electrons. The minimum atomic E-state index is -0.368. The summed E-state index contributed by atoms with van der Waals surface area (Å²) in [4.78, 5) is 27.9. The molecule has 0 bridgehead atoms. The van der Waals surface area contributed by atoms with E-state index in [2.05, 4.69) is 10.4 Å². The number of amides is 1. The standard InChI is InChI=1S/C20H19ClN4O2/c1-24-16-9-5-3-7-14(16)19(26)18(23-24)20(27)25-11-10-22-12-17(25)13-6-2-4-8-15(13)21/h2-9,17,22H,10-12H2,1H3. The number of carbonyl (C=O) groups is 1. The number of aryl methyl sites for hydroxylation is 1. The van der Waals surface area contributed by atoms with Crippen LogP contribution >= 0.6 is 11.6 Å². The average Bonchev–Trinajstić information content (AvgIpc) is 2.71. The molecular weight excluding hydrogens is 364 g/mol. The van der Waals surface area contributed by atoms with Gasteiger partial charge >= 0.3 is 0 Å². The van der Waals surface area contributed by atoms with E-state index in [-0.39, 0.29) is 23.1 Å². The minimum absolute atomic E-state index is 0.0600. The summed E-state index contributed by atoms with van der Waals surface area (Å²) >= 11 is 6.36. The van der Waals surface area contributed by atoms with Crippen molar-refractivity contribution < 1.29 is 4.79 Å². The van der Waals surface area contributed by atoms with E-state index < -0.39 is 0 Å². The van der Waals surface area contributed by atoms with Crippen LogP contribution in [-0.2, 0) is 7.05 Å². The number of hydrogen-bond donors (Lipinski definition) is 1. The summed E-state index contributed by atoms with van der Waals surface area (Å²) in [5.41, 5.74) is 1.15. The molecule has 4 rings (SSSR count). The number of hydrogen-bond acceptors (Lipinski definition) is 4. The first-order valence-corrected chi connectivity index (χ1v) is 9.18. The molecule has 1 aliphatic heterocycles. The number of carbonyl (C=O) groups excluding carboxylic acids is 1. The summed E-state index contributed by atoms with van der Waals surface area (Å²) in [5.74, 6) is -0.368. The molecule has 138 valence electrons. The minimum Gasteiger partial charge on any atom is -0.327 e. The van der Waals surface area contributed by atoms with E-state index in [9.17, 15) is 9.59 Å². The zero-order valence-electron chi connectivity index (χ0n) is 14.9. The number of para-hydroxylation sites is 1. The first-order chi connectivity index (χ1) is 13.1. The molecule has 0 aliphatic carbocycles. The second-order valence-corrected chi connectivity index (χ2v) is 6.97. The summed E-state index contributed by atoms with van der Waals surface area (Å²) in [6.45, 7) is 1.70. The van der Waals surface area contributed by atoms with Crippen LogP contribution in [0.3, 0.4) is 0 Å². The monoisotopic (exact) mass is 382 g/mol. The molecule has 1 N–H and O–H groups in total. The Morgan fingerprint density at radius 3 is 2.74 bits per heavy atom. The highest BCUT2D eigenvalue weighted by Gasteiger charge is 2.32. The van der Waals surface area contributed by atoms with Gasteiger partial charge in [-0.3, -0.25) is 14.3 Å². The van der Waals surface area contributed by atoms with Gasteiger partial charge in [0.25, 0.3) is 5.91 Å². The summed E-state index contributed by atoms with van der Waals surface area (Å²) in [6.07, 6.45) is 0. The van der Waals surface area contributed by atoms with Gasteiger partial charge in [-0.2, -0.15) is 5.10 Å². The molecule has 1 atom stereocenters. The number of halogens is 1. The molecule has 1 amide bonds. The third kappa shape index (κ3) is 3.11. The second kappa shape index (κ2) is 7.13. The van der Waals surface area contributed by atoms with Crippen LogP contribution in [-0.4, -0.2) is 40.2 Å². The molecule has 3 aromatic rings. The molecular formula is C20H19ClN4O2. The summed E-state index contributed by atoms with van der Waals surface area (Å²) in [7, 11) is 1.74. The number of rotatable bonds is 2. The second-order valence-electron chi connectivity index (χ2n) is 6.56. The van der Waals surface area contributed by atoms with Crippen LogP contribution in [0.25, 0.3) is 10.9 Å². The third-order valence-electron chi connectivity index (χ3n) is 4.93. The Labute approximate surface area is 161 Å². The van der Waals surface area contributed by atoms with Gasteiger partial charge in [-0.15, -0.1) is 0 Å². The van der Waals surface area contributed by atoms with Crippen molar-refractivity contribution in [2.45, 2.75) is 6.04 Å². The Kier molecular flexibility index (Phi) is 4.68. The van der Waals surface area contributed by atoms with Crippen LogP contribution in [0.1, 0.15) is 22.1 Å². The number of aromatic nitrogens is 2. The first-order valence-electron chi connectivity index (χ1n) is 8.80. The molecule has 0 spiro atoms. The molecule has 6 nitrogen and oxygen atoms in total. The van der Waals surface area contributed by atoms with E-state index in [0.29, 0.717) is 35.6 Å². The highest BCUT2D eigenvalue weighted by Crippen LogP contribution is 2.29. The van der Waals surface area contributed by atoms with Crippen LogP contribution < -0.4 is 10.7 Å². The zero-order chi connectivity index (χ0) is 19.0. The Bertz CT molecular complexity index is 1080. The first kappa shape index (κ1) is 17.7. The average molecular weight is 383 g/mol. The van der Waals surface area contributed by atoms with Crippen LogP contribution in [0, 0.1) is 0 Å². The molecule has 2 aromatic carbocycles. The zero-order valence-corrected chi connectivity index (χ0v) is 15.6. The maximum atomic E-state index is 13.3. The van der Waals surface area contributed by atoms with Crippen LogP contribution in [0.2, 0.25) is 5.02 Å². The van der Waals surface area contributed by atoms with Crippen molar-refractivity contribution in [1.29, 1.82) is 0 Å². The molecule has 1 fully saturated rings. The molecule has 27 heavy (non-hydrogen) atoms. The van der Waals surface area contributed by atoms with Crippen molar-refractivity contribution in [1.82, 2.24) is 20.0 Å². The third-order valence-corrected chi connectivity index (χ3v) is 5.28. The van der Waals surface area contributed by atoms with Gasteiger partial charge in [-0.25, -0.2) is 0 Å². The van der Waals surface area contributed by atoms with E-state index in [0.717, 1.165) is 5.56 Å². The molecule has 2 heterocycles. The predicted octanol–water partition coefficient (Wildman–Crippen LogP) is 2.37. The molecule has 1 aromatic heterocycles. The lowest BCUT2D eigenvalue weighted by atomic mass is 10.0. The fourth-order valence-electron chi connectivity index (χ4n) is 3.57. The Balaban J connectivity index is 1.79. The predicted molar refractivity (Wildman–Crippen MR) is 105 cm³/mol. The summed E-state index contributed by atoms with van der Waals surface area (Å²) < 4.78 is 1.58. The highest BCUT2D eigenvalue weighted by atomic mass is 35.5. The lowest BCUT2D eigenvalue weighted by molar-refractivity contribution is 0.0625.